The third kappa shape index (κ3) is 2.32. The number of aromatic carboxylic acids is 1. The van der Waals surface area contributed by atoms with Crippen LogP contribution >= 0.6 is 11.6 Å². The molecule has 0 bridgehead atoms. The van der Waals surface area contributed by atoms with Gasteiger partial charge in [0, 0.05) is 11.8 Å². The first-order valence-corrected chi connectivity index (χ1v) is 6.12. The maximum Gasteiger partial charge on any atom is 0.337 e. The number of carboxylic acids is 1. The van der Waals surface area contributed by atoms with E-state index in [0.717, 1.165) is 10.6 Å². The number of carbonyl (C=O) groups is 1. The smallest absolute Gasteiger partial charge is 0.337 e. The van der Waals surface area contributed by atoms with Gasteiger partial charge in [0.2, 0.25) is 0 Å². The Bertz CT molecular complexity index is 768. The van der Waals surface area contributed by atoms with E-state index in [4.69, 9.17) is 11.6 Å². The van der Waals surface area contributed by atoms with Gasteiger partial charge in [-0.3, -0.25) is 9.36 Å². The van der Waals surface area contributed by atoms with Crippen LogP contribution in [0.25, 0.3) is 5.69 Å². The molecule has 0 spiro atoms. The normalized spacial score (nSPS) is 10.6. The van der Waals surface area contributed by atoms with Crippen LogP contribution in [0.15, 0.2) is 29.1 Å². The van der Waals surface area contributed by atoms with Gasteiger partial charge >= 0.3 is 5.97 Å². The van der Waals surface area contributed by atoms with E-state index in [1.807, 2.05) is 0 Å². The molecular weight excluding hydrogens is 285 g/mol. The summed E-state index contributed by atoms with van der Waals surface area (Å²) in [5, 5.41) is 9.13. The molecule has 20 heavy (non-hydrogen) atoms. The number of aryl methyl sites for hydroxylation is 1. The Morgan fingerprint density at radius 2 is 1.95 bits per heavy atom. The predicted octanol–water partition coefficient (Wildman–Crippen LogP) is 2.95. The van der Waals surface area contributed by atoms with E-state index in [1.165, 1.54) is 25.1 Å². The Hall–Kier alpha value is -2.14. The Morgan fingerprint density at radius 1 is 1.30 bits per heavy atom. The van der Waals surface area contributed by atoms with Gasteiger partial charge < -0.3 is 5.11 Å². The van der Waals surface area contributed by atoms with E-state index >= 15 is 0 Å². The van der Waals surface area contributed by atoms with Gasteiger partial charge in [-0.1, -0.05) is 11.6 Å². The van der Waals surface area contributed by atoms with E-state index in [9.17, 15) is 19.1 Å². The molecule has 0 saturated carbocycles. The molecule has 0 atom stereocenters. The van der Waals surface area contributed by atoms with Gasteiger partial charge in [-0.25, -0.2) is 9.18 Å². The minimum Gasteiger partial charge on any atom is -0.478 e. The number of benzene rings is 1. The van der Waals surface area contributed by atoms with Crippen molar-refractivity contribution in [3.8, 4) is 5.69 Å². The number of carboxylic acid groups (broad SMARTS) is 1. The standard InChI is InChI=1S/C14H11ClFNO3/c1-7-5-12(18)17(8(2)13(7)14(19)20)9-3-4-10(15)11(16)6-9/h3-6H,1-2H3,(H,19,20). The summed E-state index contributed by atoms with van der Waals surface area (Å²) in [5.74, 6) is -1.81. The molecular formula is C14H11ClFNO3. The first-order valence-electron chi connectivity index (χ1n) is 5.75. The fourth-order valence-corrected chi connectivity index (χ4v) is 2.27. The molecule has 4 nitrogen and oxygen atoms in total. The predicted molar refractivity (Wildman–Crippen MR) is 73.4 cm³/mol. The summed E-state index contributed by atoms with van der Waals surface area (Å²) in [5.41, 5.74) is 0.443. The van der Waals surface area contributed by atoms with Crippen molar-refractivity contribution in [3.05, 3.63) is 62.3 Å². The first-order chi connectivity index (χ1) is 9.32. The number of pyridine rings is 1. The average molecular weight is 296 g/mol. The van der Waals surface area contributed by atoms with Crippen molar-refractivity contribution in [3.63, 3.8) is 0 Å². The average Bonchev–Trinajstić information content (AvgIpc) is 2.32. The highest BCUT2D eigenvalue weighted by Gasteiger charge is 2.17. The van der Waals surface area contributed by atoms with Gasteiger partial charge in [0.15, 0.2) is 0 Å². The summed E-state index contributed by atoms with van der Waals surface area (Å²) < 4.78 is 14.7. The highest BCUT2D eigenvalue weighted by Crippen LogP contribution is 2.20. The fraction of sp³-hybridized carbons (Fsp3) is 0.143. The largest absolute Gasteiger partial charge is 0.478 e. The van der Waals surface area contributed by atoms with Crippen molar-refractivity contribution in [1.82, 2.24) is 4.57 Å². The monoisotopic (exact) mass is 295 g/mol. The van der Waals surface area contributed by atoms with Gasteiger partial charge in [0.05, 0.1) is 16.3 Å². The summed E-state index contributed by atoms with van der Waals surface area (Å²) in [7, 11) is 0. The number of nitrogens with zero attached hydrogens (tertiary/aromatic N) is 1. The maximum absolute atomic E-state index is 13.5. The summed E-state index contributed by atoms with van der Waals surface area (Å²) in [6, 6.07) is 5.08. The molecule has 0 aliphatic carbocycles. The molecule has 2 rings (SSSR count). The van der Waals surface area contributed by atoms with Crippen LogP contribution in [0.5, 0.6) is 0 Å². The summed E-state index contributed by atoms with van der Waals surface area (Å²) in [6.45, 7) is 3.05. The molecule has 104 valence electrons. The van der Waals surface area contributed by atoms with Crippen LogP contribution in [-0.2, 0) is 0 Å². The van der Waals surface area contributed by atoms with Gasteiger partial charge in [-0.2, -0.15) is 0 Å². The van der Waals surface area contributed by atoms with Gasteiger partial charge in [-0.15, -0.1) is 0 Å². The topological polar surface area (TPSA) is 59.3 Å². The highest BCUT2D eigenvalue weighted by molar-refractivity contribution is 6.30. The number of aromatic nitrogens is 1. The van der Waals surface area contributed by atoms with Gasteiger partial charge in [0.25, 0.3) is 5.56 Å². The molecule has 0 radical (unpaired) electrons. The number of halogens is 2. The lowest BCUT2D eigenvalue weighted by molar-refractivity contribution is 0.0694. The summed E-state index contributed by atoms with van der Waals surface area (Å²) >= 11 is 5.60. The third-order valence-corrected chi connectivity index (χ3v) is 3.33. The second-order valence-electron chi connectivity index (χ2n) is 4.36. The first kappa shape index (κ1) is 14.3. The fourth-order valence-electron chi connectivity index (χ4n) is 2.15. The zero-order valence-electron chi connectivity index (χ0n) is 10.8. The van der Waals surface area contributed by atoms with Gasteiger partial charge in [-0.05, 0) is 37.6 Å². The van der Waals surface area contributed by atoms with Crippen molar-refractivity contribution in [2.24, 2.45) is 0 Å². The molecule has 0 aliphatic heterocycles. The zero-order chi connectivity index (χ0) is 15.0. The number of hydrogen-bond acceptors (Lipinski definition) is 2. The lowest BCUT2D eigenvalue weighted by Gasteiger charge is -2.14. The van der Waals surface area contributed by atoms with E-state index in [1.54, 1.807) is 6.92 Å². The molecule has 0 unspecified atom stereocenters. The number of hydrogen-bond donors (Lipinski definition) is 1. The van der Waals surface area contributed by atoms with E-state index in [2.05, 4.69) is 0 Å². The Labute approximate surface area is 119 Å². The molecule has 6 heteroatoms. The zero-order valence-corrected chi connectivity index (χ0v) is 11.5. The van der Waals surface area contributed by atoms with Crippen LogP contribution < -0.4 is 5.56 Å². The lowest BCUT2D eigenvalue weighted by Crippen LogP contribution is -2.24. The molecule has 0 fully saturated rings. The molecule has 1 heterocycles. The summed E-state index contributed by atoms with van der Waals surface area (Å²) in [4.78, 5) is 23.3. The van der Waals surface area contributed by atoms with E-state index in [-0.39, 0.29) is 22.0 Å². The van der Waals surface area contributed by atoms with Crippen LogP contribution in [0.3, 0.4) is 0 Å². The Kier molecular flexibility index (Phi) is 3.63. The molecule has 1 aromatic carbocycles. The minimum atomic E-state index is -1.14. The second kappa shape index (κ2) is 5.09. The van der Waals surface area contributed by atoms with Crippen LogP contribution in [0.4, 0.5) is 4.39 Å². The molecule has 0 aliphatic rings. The van der Waals surface area contributed by atoms with Crippen LogP contribution in [0.2, 0.25) is 5.02 Å². The van der Waals surface area contributed by atoms with Crippen molar-refractivity contribution >= 4 is 17.6 Å². The highest BCUT2D eigenvalue weighted by atomic mass is 35.5. The molecule has 2 aromatic rings. The molecule has 0 amide bonds. The third-order valence-electron chi connectivity index (χ3n) is 3.03. The minimum absolute atomic E-state index is 0.0277. The van der Waals surface area contributed by atoms with Gasteiger partial charge in [0.1, 0.15) is 5.82 Å². The Morgan fingerprint density at radius 3 is 2.50 bits per heavy atom. The molecule has 1 aromatic heterocycles. The summed E-state index contributed by atoms with van der Waals surface area (Å²) in [6.07, 6.45) is 0. The molecule has 0 saturated heterocycles. The molecule has 1 N–H and O–H groups in total. The SMILES string of the molecule is Cc1cc(=O)n(-c2ccc(Cl)c(F)c2)c(C)c1C(=O)O. The second-order valence-corrected chi connectivity index (χ2v) is 4.77. The van der Waals surface area contributed by atoms with Crippen LogP contribution in [0.1, 0.15) is 21.6 Å². The van der Waals surface area contributed by atoms with E-state index < -0.39 is 17.3 Å². The number of rotatable bonds is 2. The lowest BCUT2D eigenvalue weighted by atomic mass is 10.1. The maximum atomic E-state index is 13.5. The van der Waals surface area contributed by atoms with Crippen molar-refractivity contribution in [1.29, 1.82) is 0 Å². The van der Waals surface area contributed by atoms with Crippen molar-refractivity contribution in [2.75, 3.05) is 0 Å². The van der Waals surface area contributed by atoms with Crippen molar-refractivity contribution in [2.45, 2.75) is 13.8 Å². The van der Waals surface area contributed by atoms with E-state index in [0.29, 0.717) is 5.56 Å². The Balaban J connectivity index is 2.80. The van der Waals surface area contributed by atoms with Crippen LogP contribution in [-0.4, -0.2) is 15.6 Å². The van der Waals surface area contributed by atoms with Crippen molar-refractivity contribution < 1.29 is 14.3 Å². The van der Waals surface area contributed by atoms with Crippen LogP contribution in [0, 0.1) is 19.7 Å². The quantitative estimate of drug-likeness (QED) is 0.926.